The molecule has 0 saturated heterocycles. The number of benzene rings is 4. The highest BCUT2D eigenvalue weighted by Gasteiger charge is 2.25. The van der Waals surface area contributed by atoms with Gasteiger partial charge in [0.05, 0.1) is 9.85 Å². The number of hydrogen-bond donors (Lipinski definition) is 0. The monoisotopic (exact) mass is 598 g/mol. The van der Waals surface area contributed by atoms with Gasteiger partial charge in [0.2, 0.25) is 0 Å². The summed E-state index contributed by atoms with van der Waals surface area (Å²) in [5, 5.41) is 21.6. The van der Waals surface area contributed by atoms with E-state index in [1.807, 2.05) is 13.8 Å². The normalized spacial score (nSPS) is 12.0. The van der Waals surface area contributed by atoms with Gasteiger partial charge in [0.15, 0.2) is 0 Å². The molecule has 0 unspecified atom stereocenters. The second-order valence-electron chi connectivity index (χ2n) is 9.25. The average Bonchev–Trinajstić information content (AvgIpc) is 2.93. The van der Waals surface area contributed by atoms with Crippen molar-refractivity contribution in [1.82, 2.24) is 0 Å². The van der Waals surface area contributed by atoms with Crippen molar-refractivity contribution in [1.29, 1.82) is 0 Å². The second kappa shape index (κ2) is 11.0. The molecule has 4 aromatic rings. The van der Waals surface area contributed by atoms with Gasteiger partial charge in [-0.05, 0) is 59.7 Å². The fraction of sp³-hybridized carbons (Fsp3) is 0.111. The van der Waals surface area contributed by atoms with Crippen LogP contribution in [0.2, 0.25) is 0 Å². The quantitative estimate of drug-likeness (QED) is 0.131. The SMILES string of the molecule is CC(C)(c1ccc(OS(=O)(=O)c2ccc([N+](=O)[O-])cc2)cc1)c1ccc(OS(=O)(=O)c2ccc([N+](=O)[O-])cc2)cc1. The van der Waals surface area contributed by atoms with E-state index in [0.29, 0.717) is 0 Å². The van der Waals surface area contributed by atoms with Crippen LogP contribution in [0.25, 0.3) is 0 Å². The maximum atomic E-state index is 12.6. The van der Waals surface area contributed by atoms with Crippen molar-refractivity contribution in [2.24, 2.45) is 0 Å². The van der Waals surface area contributed by atoms with Crippen LogP contribution in [-0.2, 0) is 25.7 Å². The van der Waals surface area contributed by atoms with Crippen molar-refractivity contribution >= 4 is 31.6 Å². The van der Waals surface area contributed by atoms with E-state index in [1.165, 1.54) is 24.3 Å². The van der Waals surface area contributed by atoms with Gasteiger partial charge in [0.25, 0.3) is 11.4 Å². The van der Waals surface area contributed by atoms with Gasteiger partial charge in [-0.25, -0.2) is 0 Å². The Morgan fingerprint density at radius 2 is 0.829 bits per heavy atom. The molecule has 0 aliphatic carbocycles. The summed E-state index contributed by atoms with van der Waals surface area (Å²) >= 11 is 0. The maximum Gasteiger partial charge on any atom is 0.339 e. The van der Waals surface area contributed by atoms with Gasteiger partial charge in [-0.15, -0.1) is 0 Å². The van der Waals surface area contributed by atoms with E-state index < -0.39 is 35.5 Å². The molecule has 14 heteroatoms. The summed E-state index contributed by atoms with van der Waals surface area (Å²) in [6.45, 7) is 3.83. The Morgan fingerprint density at radius 1 is 0.537 bits per heavy atom. The third kappa shape index (κ3) is 6.50. The smallest absolute Gasteiger partial charge is 0.339 e. The molecular formula is C27H22N2O10S2. The second-order valence-corrected chi connectivity index (χ2v) is 12.3. The number of rotatable bonds is 10. The predicted octanol–water partition coefficient (Wildman–Crippen LogP) is 5.36. The highest BCUT2D eigenvalue weighted by Crippen LogP contribution is 2.34. The molecule has 41 heavy (non-hydrogen) atoms. The summed E-state index contributed by atoms with van der Waals surface area (Å²) in [5.74, 6) is 0.0891. The van der Waals surface area contributed by atoms with Crippen LogP contribution in [0.4, 0.5) is 11.4 Å². The minimum atomic E-state index is -4.22. The molecule has 0 aromatic heterocycles. The fourth-order valence-electron chi connectivity index (χ4n) is 3.84. The molecule has 0 saturated carbocycles. The van der Waals surface area contributed by atoms with E-state index in [9.17, 15) is 37.1 Å². The molecule has 4 rings (SSSR count). The molecule has 0 fully saturated rings. The van der Waals surface area contributed by atoms with Gasteiger partial charge in [0.1, 0.15) is 21.3 Å². The van der Waals surface area contributed by atoms with Crippen LogP contribution in [-0.4, -0.2) is 26.7 Å². The van der Waals surface area contributed by atoms with Gasteiger partial charge in [-0.3, -0.25) is 20.2 Å². The van der Waals surface area contributed by atoms with Gasteiger partial charge < -0.3 is 8.37 Å². The number of hydrogen-bond acceptors (Lipinski definition) is 10. The Morgan fingerprint density at radius 3 is 1.10 bits per heavy atom. The molecule has 0 heterocycles. The zero-order chi connectivity index (χ0) is 30.0. The fourth-order valence-corrected chi connectivity index (χ4v) is 5.70. The van der Waals surface area contributed by atoms with Crippen LogP contribution in [0, 0.1) is 20.2 Å². The lowest BCUT2D eigenvalue weighted by Crippen LogP contribution is -2.19. The number of nitrogens with zero attached hydrogens (tertiary/aromatic N) is 2. The van der Waals surface area contributed by atoms with Crippen LogP contribution in [0.3, 0.4) is 0 Å². The molecule has 212 valence electrons. The first-order valence-electron chi connectivity index (χ1n) is 11.8. The van der Waals surface area contributed by atoms with Crippen molar-refractivity contribution < 1.29 is 35.0 Å². The van der Waals surface area contributed by atoms with Gasteiger partial charge in [-0.2, -0.15) is 16.8 Å². The van der Waals surface area contributed by atoms with Crippen LogP contribution in [0.15, 0.2) is 107 Å². The number of nitro groups is 2. The van der Waals surface area contributed by atoms with Crippen molar-refractivity contribution in [3.8, 4) is 11.5 Å². The lowest BCUT2D eigenvalue weighted by molar-refractivity contribution is -0.385. The third-order valence-electron chi connectivity index (χ3n) is 6.24. The Hall–Kier alpha value is -4.82. The molecule has 4 aromatic carbocycles. The van der Waals surface area contributed by atoms with Gasteiger partial charge >= 0.3 is 20.2 Å². The molecule has 0 spiro atoms. The average molecular weight is 599 g/mol. The van der Waals surface area contributed by atoms with Crippen molar-refractivity contribution in [3.05, 3.63) is 128 Å². The molecule has 0 bridgehead atoms. The molecule has 0 N–H and O–H groups in total. The van der Waals surface area contributed by atoms with Crippen molar-refractivity contribution in [2.75, 3.05) is 0 Å². The first-order chi connectivity index (χ1) is 19.2. The zero-order valence-corrected chi connectivity index (χ0v) is 23.2. The number of non-ortho nitro benzene ring substituents is 2. The first-order valence-corrected chi connectivity index (χ1v) is 14.6. The first kappa shape index (κ1) is 29.2. The summed E-state index contributed by atoms with van der Waals surface area (Å²) in [4.78, 5) is 19.9. The molecule has 0 atom stereocenters. The Bertz CT molecular complexity index is 1670. The van der Waals surface area contributed by atoms with Crippen LogP contribution < -0.4 is 8.37 Å². The van der Waals surface area contributed by atoms with Crippen molar-refractivity contribution in [2.45, 2.75) is 29.1 Å². The van der Waals surface area contributed by atoms with E-state index in [2.05, 4.69) is 0 Å². The van der Waals surface area contributed by atoms with Crippen LogP contribution in [0.1, 0.15) is 25.0 Å². The van der Waals surface area contributed by atoms with Crippen LogP contribution in [0.5, 0.6) is 11.5 Å². The summed E-state index contributed by atoms with van der Waals surface area (Å²) in [7, 11) is -8.44. The van der Waals surface area contributed by atoms with E-state index in [1.54, 1.807) is 24.3 Å². The van der Waals surface area contributed by atoms with E-state index in [0.717, 1.165) is 59.7 Å². The Labute approximate surface area is 235 Å². The lowest BCUT2D eigenvalue weighted by atomic mass is 9.78. The minimum absolute atomic E-state index is 0.0445. The zero-order valence-electron chi connectivity index (χ0n) is 21.5. The van der Waals surface area contributed by atoms with Gasteiger partial charge in [-0.1, -0.05) is 38.1 Å². The third-order valence-corrected chi connectivity index (χ3v) is 8.76. The van der Waals surface area contributed by atoms with E-state index in [-0.39, 0.29) is 32.7 Å². The summed E-state index contributed by atoms with van der Waals surface area (Å²) in [6.07, 6.45) is 0. The molecule has 0 radical (unpaired) electrons. The minimum Gasteiger partial charge on any atom is -0.379 e. The molecule has 0 aliphatic heterocycles. The highest BCUT2D eigenvalue weighted by molar-refractivity contribution is 7.87. The molecule has 0 amide bonds. The number of nitro benzene ring substituents is 2. The highest BCUT2D eigenvalue weighted by atomic mass is 32.2. The Balaban J connectivity index is 1.46. The summed E-state index contributed by atoms with van der Waals surface area (Å²) in [5.41, 5.74) is 0.503. The van der Waals surface area contributed by atoms with Crippen molar-refractivity contribution in [3.63, 3.8) is 0 Å². The lowest BCUT2D eigenvalue weighted by Gasteiger charge is -2.26. The Kier molecular flexibility index (Phi) is 7.81. The maximum absolute atomic E-state index is 12.6. The predicted molar refractivity (Wildman–Crippen MR) is 147 cm³/mol. The summed E-state index contributed by atoms with van der Waals surface area (Å²) < 4.78 is 60.7. The standard InChI is InChI=1S/C27H22N2O10S2/c1-27(2,19-3-11-23(12-4-19)38-40(34,35)25-15-7-21(8-16-25)28(30)31)20-5-13-24(14-6-20)39-41(36,37)26-17-9-22(10-18-26)29(32)33/h3-18H,1-2H3. The van der Waals surface area contributed by atoms with E-state index >= 15 is 0 Å². The molecule has 12 nitrogen and oxygen atoms in total. The van der Waals surface area contributed by atoms with Crippen LogP contribution >= 0.6 is 0 Å². The van der Waals surface area contributed by atoms with Gasteiger partial charge in [0, 0.05) is 29.7 Å². The topological polar surface area (TPSA) is 173 Å². The molecule has 0 aliphatic rings. The van der Waals surface area contributed by atoms with E-state index in [4.69, 9.17) is 8.37 Å². The molecular weight excluding hydrogens is 576 g/mol. The summed E-state index contributed by atoms with van der Waals surface area (Å²) in [6, 6.07) is 21.3. The largest absolute Gasteiger partial charge is 0.379 e.